The minimum absolute atomic E-state index is 0.0532. The molecular weight excluding hydrogens is 499 g/mol. The van der Waals surface area contributed by atoms with E-state index in [1.54, 1.807) is 22.4 Å². The second-order valence-corrected chi connectivity index (χ2v) is 11.3. The van der Waals surface area contributed by atoms with Gasteiger partial charge in [0.25, 0.3) is 5.56 Å². The molecule has 1 aromatic carbocycles. The molecule has 0 bridgehead atoms. The van der Waals surface area contributed by atoms with E-state index in [1.807, 2.05) is 32.2 Å². The smallest absolute Gasteiger partial charge is 0.252 e. The number of hydrogen-bond donors (Lipinski definition) is 0. The molecule has 4 heterocycles. The van der Waals surface area contributed by atoms with Gasteiger partial charge in [0.15, 0.2) is 0 Å². The van der Waals surface area contributed by atoms with E-state index >= 15 is 4.39 Å². The van der Waals surface area contributed by atoms with Gasteiger partial charge >= 0.3 is 0 Å². The third-order valence-corrected chi connectivity index (χ3v) is 8.91. The van der Waals surface area contributed by atoms with Gasteiger partial charge < -0.3 is 9.47 Å². The maximum atomic E-state index is 15.7. The number of aryl methyl sites for hydroxylation is 2. The third kappa shape index (κ3) is 4.50. The Morgan fingerprint density at radius 1 is 1.21 bits per heavy atom. The first-order chi connectivity index (χ1) is 18.3. The lowest BCUT2D eigenvalue weighted by Crippen LogP contribution is -2.59. The minimum Gasteiger partial charge on any atom is -0.364 e. The highest BCUT2D eigenvalue weighted by Gasteiger charge is 2.37. The topological polar surface area (TPSA) is 59.2 Å². The summed E-state index contributed by atoms with van der Waals surface area (Å²) in [5, 5.41) is 5.71. The lowest BCUT2D eigenvalue weighted by atomic mass is 9.96. The fourth-order valence-corrected chi connectivity index (χ4v) is 6.61. The first-order valence-corrected chi connectivity index (χ1v) is 14.1. The Hall–Kier alpha value is -3.22. The van der Waals surface area contributed by atoms with Crippen molar-refractivity contribution in [2.24, 2.45) is 7.05 Å². The molecule has 1 fully saturated rings. The summed E-state index contributed by atoms with van der Waals surface area (Å²) in [6.45, 7) is 12.2. The van der Waals surface area contributed by atoms with Crippen LogP contribution >= 0.6 is 11.3 Å². The van der Waals surface area contributed by atoms with E-state index in [9.17, 15) is 4.79 Å². The van der Waals surface area contributed by atoms with Gasteiger partial charge in [0, 0.05) is 49.9 Å². The second kappa shape index (κ2) is 10.5. The quantitative estimate of drug-likeness (QED) is 0.316. The maximum absolute atomic E-state index is 15.7. The van der Waals surface area contributed by atoms with Gasteiger partial charge in [0.05, 0.1) is 32.6 Å². The minimum atomic E-state index is -0.153. The Morgan fingerprint density at radius 2 is 1.97 bits per heavy atom. The van der Waals surface area contributed by atoms with Gasteiger partial charge in [-0.15, -0.1) is 17.3 Å². The third-order valence-electron chi connectivity index (χ3n) is 7.93. The highest BCUT2D eigenvalue weighted by molar-refractivity contribution is 7.18. The van der Waals surface area contributed by atoms with E-state index in [-0.39, 0.29) is 29.5 Å². The fraction of sp³-hybridized carbons (Fsp3) is 0.483. The van der Waals surface area contributed by atoms with E-state index in [4.69, 9.17) is 5.10 Å². The van der Waals surface area contributed by atoms with Gasteiger partial charge in [0.2, 0.25) is 0 Å². The normalized spacial score (nSPS) is 19.2. The number of benzene rings is 1. The Bertz CT molecular complexity index is 1610. The molecule has 0 spiro atoms. The molecule has 3 atom stereocenters. The van der Waals surface area contributed by atoms with Crippen LogP contribution in [0.1, 0.15) is 57.1 Å². The van der Waals surface area contributed by atoms with Crippen molar-refractivity contribution >= 4 is 38.3 Å². The van der Waals surface area contributed by atoms with Crippen molar-refractivity contribution in [3.8, 4) is 11.8 Å². The van der Waals surface area contributed by atoms with Gasteiger partial charge in [-0.2, -0.15) is 5.10 Å². The van der Waals surface area contributed by atoms with Gasteiger partial charge in [-0.3, -0.25) is 14.4 Å². The molecular formula is C29H35FN6OS. The largest absolute Gasteiger partial charge is 0.364 e. The van der Waals surface area contributed by atoms with Crippen molar-refractivity contribution in [2.75, 3.05) is 18.0 Å². The first-order valence-electron chi connectivity index (χ1n) is 13.3. The molecule has 38 heavy (non-hydrogen) atoms. The zero-order valence-corrected chi connectivity index (χ0v) is 23.8. The molecule has 0 radical (unpaired) electrons. The number of pyridine rings is 1. The zero-order chi connectivity index (χ0) is 27.1. The number of rotatable bonds is 6. The number of halogens is 1. The molecule has 9 heteroatoms. The molecule has 0 unspecified atom stereocenters. The van der Waals surface area contributed by atoms with Crippen LogP contribution in [-0.4, -0.2) is 49.4 Å². The zero-order valence-electron chi connectivity index (χ0n) is 23.0. The van der Waals surface area contributed by atoms with E-state index in [1.165, 1.54) is 11.3 Å². The monoisotopic (exact) mass is 534 g/mol. The maximum Gasteiger partial charge on any atom is 0.252 e. The molecule has 1 saturated heterocycles. The molecule has 0 N–H and O–H groups in total. The van der Waals surface area contributed by atoms with Gasteiger partial charge in [-0.25, -0.2) is 9.37 Å². The summed E-state index contributed by atoms with van der Waals surface area (Å²) in [6, 6.07) is 5.83. The average molecular weight is 535 g/mol. The molecule has 3 aromatic heterocycles. The average Bonchev–Trinajstić information content (AvgIpc) is 3.52. The number of thiazole rings is 1. The standard InChI is InChI=1S/C29H35FN6OS/c1-7-10-13-34-17-25-28(32-34)24(14-26(37)33(25)6)36-16-20(8-2)35(15-21(36)9-3)18(4)22-11-12-23-29(27(22)30)38-19(5)31-23/h11-12,14,17-18,20-21H,8-9,13,15-16H2,1-6H3/t18-,20-,21+/m1/s1. The second-order valence-electron chi connectivity index (χ2n) is 10.1. The summed E-state index contributed by atoms with van der Waals surface area (Å²) in [6.07, 6.45) is 3.71. The molecule has 4 aromatic rings. The molecule has 1 aliphatic heterocycles. The van der Waals surface area contributed by atoms with Crippen LogP contribution in [0.2, 0.25) is 0 Å². The molecule has 5 rings (SSSR count). The van der Waals surface area contributed by atoms with Crippen LogP contribution in [-0.2, 0) is 13.6 Å². The van der Waals surface area contributed by atoms with Crippen molar-refractivity contribution in [1.82, 2.24) is 24.2 Å². The molecule has 0 amide bonds. The van der Waals surface area contributed by atoms with Crippen LogP contribution in [0.5, 0.6) is 0 Å². The summed E-state index contributed by atoms with van der Waals surface area (Å²) >= 11 is 1.41. The summed E-state index contributed by atoms with van der Waals surface area (Å²) in [7, 11) is 1.79. The van der Waals surface area contributed by atoms with Crippen LogP contribution in [0.15, 0.2) is 29.2 Å². The molecule has 1 aliphatic rings. The lowest BCUT2D eigenvalue weighted by Gasteiger charge is -2.49. The predicted molar refractivity (Wildman–Crippen MR) is 153 cm³/mol. The van der Waals surface area contributed by atoms with Crippen LogP contribution < -0.4 is 10.5 Å². The van der Waals surface area contributed by atoms with Crippen molar-refractivity contribution < 1.29 is 4.39 Å². The van der Waals surface area contributed by atoms with Gasteiger partial charge in [-0.1, -0.05) is 25.8 Å². The van der Waals surface area contributed by atoms with E-state index < -0.39 is 0 Å². The number of anilines is 1. The van der Waals surface area contributed by atoms with Gasteiger partial charge in [0.1, 0.15) is 17.9 Å². The SMILES string of the molecule is CC#CCn1cc2c(n1)c(N1C[C@@H](CC)N([C@H](C)c3ccc4nc(C)sc4c3F)C[C@@H]1CC)cc(=O)n2C. The Labute approximate surface area is 226 Å². The van der Waals surface area contributed by atoms with Crippen molar-refractivity contribution in [3.05, 3.63) is 51.1 Å². The number of nitrogens with zero attached hydrogens (tertiary/aromatic N) is 6. The highest BCUT2D eigenvalue weighted by atomic mass is 32.1. The number of piperazine rings is 1. The van der Waals surface area contributed by atoms with E-state index in [0.29, 0.717) is 11.2 Å². The summed E-state index contributed by atoms with van der Waals surface area (Å²) < 4.78 is 19.8. The Morgan fingerprint density at radius 3 is 2.68 bits per heavy atom. The molecule has 7 nitrogen and oxygen atoms in total. The van der Waals surface area contributed by atoms with Crippen LogP contribution in [0.25, 0.3) is 21.3 Å². The first kappa shape index (κ1) is 26.4. The lowest BCUT2D eigenvalue weighted by molar-refractivity contribution is 0.0995. The highest BCUT2D eigenvalue weighted by Crippen LogP contribution is 2.37. The molecule has 0 saturated carbocycles. The van der Waals surface area contributed by atoms with E-state index in [2.05, 4.69) is 47.4 Å². The Kier molecular flexibility index (Phi) is 7.30. The summed E-state index contributed by atoms with van der Waals surface area (Å²) in [4.78, 5) is 22.2. The van der Waals surface area contributed by atoms with Gasteiger partial charge in [-0.05, 0) is 39.7 Å². The fourth-order valence-electron chi connectivity index (χ4n) is 5.74. The molecule has 200 valence electrons. The van der Waals surface area contributed by atoms with Crippen molar-refractivity contribution in [3.63, 3.8) is 0 Å². The summed E-state index contributed by atoms with van der Waals surface area (Å²) in [5.74, 6) is 5.81. The summed E-state index contributed by atoms with van der Waals surface area (Å²) in [5.41, 5.74) is 3.88. The number of fused-ring (bicyclic) bond motifs is 2. The molecule has 0 aliphatic carbocycles. The van der Waals surface area contributed by atoms with Crippen LogP contribution in [0.4, 0.5) is 10.1 Å². The number of aromatic nitrogens is 4. The van der Waals surface area contributed by atoms with E-state index in [0.717, 1.165) is 58.7 Å². The van der Waals surface area contributed by atoms with Crippen molar-refractivity contribution in [2.45, 2.75) is 72.1 Å². The van der Waals surface area contributed by atoms with Crippen molar-refractivity contribution in [1.29, 1.82) is 0 Å². The predicted octanol–water partition coefficient (Wildman–Crippen LogP) is 5.26. The van der Waals surface area contributed by atoms with Crippen LogP contribution in [0, 0.1) is 24.6 Å². The van der Waals surface area contributed by atoms with Crippen LogP contribution in [0.3, 0.4) is 0 Å². The number of hydrogen-bond acceptors (Lipinski definition) is 6. The Balaban J connectivity index is 1.52.